The van der Waals surface area contributed by atoms with Gasteiger partial charge in [0, 0.05) is 16.2 Å². The van der Waals surface area contributed by atoms with Crippen molar-refractivity contribution in [1.29, 1.82) is 0 Å². The number of aromatic nitrogens is 4. The first kappa shape index (κ1) is 11.4. The summed E-state index contributed by atoms with van der Waals surface area (Å²) >= 11 is 4.76. The Morgan fingerprint density at radius 1 is 1.44 bits per heavy atom. The first-order valence-electron chi connectivity index (χ1n) is 4.48. The van der Waals surface area contributed by atoms with Crippen LogP contribution in [0.1, 0.15) is 5.56 Å². The molecule has 5 nitrogen and oxygen atoms in total. The van der Waals surface area contributed by atoms with Gasteiger partial charge in [-0.25, -0.2) is 0 Å². The van der Waals surface area contributed by atoms with Crippen molar-refractivity contribution < 1.29 is 4.55 Å². The number of hydrogen-bond donors (Lipinski definition) is 0. The molecule has 0 amide bonds. The molecule has 84 valence electrons. The molecule has 2 aromatic rings. The molecule has 7 heteroatoms. The van der Waals surface area contributed by atoms with E-state index in [-0.39, 0.29) is 0 Å². The second-order valence-corrected chi connectivity index (χ2v) is 4.89. The maximum Gasteiger partial charge on any atom is 0.365 e. The molecule has 1 atom stereocenters. The number of nitrogens with zero attached hydrogens (tertiary/aromatic N) is 4. The Labute approximate surface area is 101 Å². The average Bonchev–Trinajstić information content (AvgIpc) is 2.70. The third-order valence-corrected chi connectivity index (χ3v) is 3.34. The van der Waals surface area contributed by atoms with E-state index in [4.69, 9.17) is 11.6 Å². The van der Waals surface area contributed by atoms with Crippen LogP contribution < -0.4 is 0 Å². The van der Waals surface area contributed by atoms with Crippen molar-refractivity contribution >= 4 is 22.8 Å². The Kier molecular flexibility index (Phi) is 3.13. The fraction of sp³-hybridized carbons (Fsp3) is 0.222. The van der Waals surface area contributed by atoms with Gasteiger partial charge in [-0.05, 0) is 35.0 Å². The first-order chi connectivity index (χ1) is 7.61. The van der Waals surface area contributed by atoms with Crippen molar-refractivity contribution in [2.45, 2.75) is 12.1 Å². The monoisotopic (exact) mass is 256 g/mol. The van der Waals surface area contributed by atoms with Gasteiger partial charge < -0.3 is 4.55 Å². The van der Waals surface area contributed by atoms with E-state index in [0.717, 1.165) is 11.3 Å². The fourth-order valence-corrected chi connectivity index (χ4v) is 2.03. The lowest BCUT2D eigenvalue weighted by Crippen LogP contribution is -2.10. The quantitative estimate of drug-likeness (QED) is 0.761. The molecule has 0 aliphatic rings. The Bertz CT molecular complexity index is 514. The molecule has 0 bridgehead atoms. The molecule has 0 aliphatic heterocycles. The van der Waals surface area contributed by atoms with Crippen LogP contribution >= 0.6 is 11.6 Å². The maximum absolute atomic E-state index is 11.4. The van der Waals surface area contributed by atoms with E-state index in [1.165, 1.54) is 10.9 Å². The summed E-state index contributed by atoms with van der Waals surface area (Å²) in [4.78, 5) is 0. The van der Waals surface area contributed by atoms with E-state index in [9.17, 15) is 4.55 Å². The molecule has 2 rings (SSSR count). The summed E-state index contributed by atoms with van der Waals surface area (Å²) in [6.45, 7) is 1.86. The molecule has 1 aromatic heterocycles. The smallest absolute Gasteiger partial charge is 0.365 e. The fourth-order valence-electron chi connectivity index (χ4n) is 1.33. The van der Waals surface area contributed by atoms with Gasteiger partial charge in [0.25, 0.3) is 0 Å². The van der Waals surface area contributed by atoms with Gasteiger partial charge in [0.1, 0.15) is 6.26 Å². The summed E-state index contributed by atoms with van der Waals surface area (Å²) < 4.78 is 12.9. The van der Waals surface area contributed by atoms with E-state index in [1.54, 1.807) is 12.1 Å². The van der Waals surface area contributed by atoms with Crippen LogP contribution in [0.2, 0.25) is 5.02 Å². The Morgan fingerprint density at radius 3 is 2.88 bits per heavy atom. The summed E-state index contributed by atoms with van der Waals surface area (Å²) in [6.07, 6.45) is 1.53. The highest BCUT2D eigenvalue weighted by Gasteiger charge is 2.18. The summed E-state index contributed by atoms with van der Waals surface area (Å²) in [7, 11) is 0. The Morgan fingerprint density at radius 2 is 2.19 bits per heavy atom. The largest absolute Gasteiger partial charge is 0.609 e. The normalized spacial score (nSPS) is 12.8. The van der Waals surface area contributed by atoms with Crippen LogP contribution in [0.5, 0.6) is 0 Å². The molecule has 1 heterocycles. The molecular formula is C9H9ClN4OS. The minimum atomic E-state index is -1.24. The van der Waals surface area contributed by atoms with Crippen LogP contribution in [0, 0.1) is 6.92 Å². The average molecular weight is 257 g/mol. The topological polar surface area (TPSA) is 66.7 Å². The van der Waals surface area contributed by atoms with Crippen molar-refractivity contribution in [2.75, 3.05) is 6.26 Å². The SMILES string of the molecule is Cc1c(Cl)cccc1-n1nnnc1[S+](C)[O-]. The van der Waals surface area contributed by atoms with Gasteiger partial charge in [-0.3, -0.25) is 0 Å². The molecule has 0 radical (unpaired) electrons. The zero-order chi connectivity index (χ0) is 11.7. The van der Waals surface area contributed by atoms with Gasteiger partial charge >= 0.3 is 5.16 Å². The van der Waals surface area contributed by atoms with Gasteiger partial charge in [-0.15, -0.1) is 0 Å². The molecule has 0 saturated carbocycles. The van der Waals surface area contributed by atoms with Crippen LogP contribution in [-0.2, 0) is 11.2 Å². The van der Waals surface area contributed by atoms with E-state index in [2.05, 4.69) is 15.5 Å². The summed E-state index contributed by atoms with van der Waals surface area (Å²) in [5.41, 5.74) is 1.59. The number of halogens is 1. The number of rotatable bonds is 2. The highest BCUT2D eigenvalue weighted by atomic mass is 35.5. The van der Waals surface area contributed by atoms with E-state index in [1.807, 2.05) is 13.0 Å². The molecule has 16 heavy (non-hydrogen) atoms. The first-order valence-corrected chi connectivity index (χ1v) is 6.42. The van der Waals surface area contributed by atoms with Crippen LogP contribution in [0.25, 0.3) is 5.69 Å². The maximum atomic E-state index is 11.4. The zero-order valence-corrected chi connectivity index (χ0v) is 10.3. The van der Waals surface area contributed by atoms with E-state index < -0.39 is 11.2 Å². The highest BCUT2D eigenvalue weighted by molar-refractivity contribution is 7.90. The molecular weight excluding hydrogens is 248 g/mol. The summed E-state index contributed by atoms with van der Waals surface area (Å²) in [5, 5.41) is 12.0. The number of tetrazole rings is 1. The van der Waals surface area contributed by atoms with Gasteiger partial charge in [0.15, 0.2) is 0 Å². The van der Waals surface area contributed by atoms with Crippen molar-refractivity contribution in [3.8, 4) is 5.69 Å². The Hall–Kier alpha value is -1.11. The van der Waals surface area contributed by atoms with Crippen molar-refractivity contribution in [3.05, 3.63) is 28.8 Å². The predicted octanol–water partition coefficient (Wildman–Crippen LogP) is 1.36. The molecule has 0 spiro atoms. The lowest BCUT2D eigenvalue weighted by Gasteiger charge is -2.08. The van der Waals surface area contributed by atoms with Crippen LogP contribution in [-0.4, -0.2) is 31.0 Å². The number of benzene rings is 1. The van der Waals surface area contributed by atoms with Crippen molar-refractivity contribution in [1.82, 2.24) is 20.2 Å². The summed E-state index contributed by atoms with van der Waals surface area (Å²) in [6, 6.07) is 5.41. The van der Waals surface area contributed by atoms with Crippen molar-refractivity contribution in [3.63, 3.8) is 0 Å². The minimum Gasteiger partial charge on any atom is -0.609 e. The van der Waals surface area contributed by atoms with Gasteiger partial charge in [0.2, 0.25) is 0 Å². The van der Waals surface area contributed by atoms with Crippen LogP contribution in [0.15, 0.2) is 23.4 Å². The molecule has 1 aromatic carbocycles. The third kappa shape index (κ3) is 1.91. The standard InChI is InChI=1S/C9H9ClN4OS/c1-6-7(10)4-3-5-8(6)14-9(16(2)15)11-12-13-14/h3-5H,1-2H3. The second kappa shape index (κ2) is 4.40. The number of hydrogen-bond acceptors (Lipinski definition) is 4. The van der Waals surface area contributed by atoms with Gasteiger partial charge in [-0.1, -0.05) is 22.8 Å². The minimum absolute atomic E-state index is 0.311. The molecule has 0 aliphatic carbocycles. The highest BCUT2D eigenvalue weighted by Crippen LogP contribution is 2.22. The van der Waals surface area contributed by atoms with E-state index >= 15 is 0 Å². The Balaban J connectivity index is 2.59. The van der Waals surface area contributed by atoms with Crippen LogP contribution in [0.4, 0.5) is 0 Å². The lowest BCUT2D eigenvalue weighted by molar-refractivity contribution is 0.585. The zero-order valence-electron chi connectivity index (χ0n) is 8.72. The molecule has 0 N–H and O–H groups in total. The molecule has 0 saturated heterocycles. The molecule has 0 fully saturated rings. The van der Waals surface area contributed by atoms with E-state index in [0.29, 0.717) is 10.2 Å². The third-order valence-electron chi connectivity index (χ3n) is 2.17. The predicted molar refractivity (Wildman–Crippen MR) is 61.2 cm³/mol. The van der Waals surface area contributed by atoms with Crippen LogP contribution in [0.3, 0.4) is 0 Å². The summed E-state index contributed by atoms with van der Waals surface area (Å²) in [5.74, 6) is 0. The second-order valence-electron chi connectivity index (χ2n) is 3.21. The van der Waals surface area contributed by atoms with Gasteiger partial charge in [-0.2, -0.15) is 4.68 Å². The lowest BCUT2D eigenvalue weighted by atomic mass is 10.2. The van der Waals surface area contributed by atoms with Crippen molar-refractivity contribution in [2.24, 2.45) is 0 Å². The molecule has 1 unspecified atom stereocenters. The van der Waals surface area contributed by atoms with Gasteiger partial charge in [0.05, 0.1) is 5.69 Å².